The molecule has 1 amide bonds. The van der Waals surface area contributed by atoms with Crippen molar-refractivity contribution in [2.24, 2.45) is 5.92 Å². The first-order chi connectivity index (χ1) is 12.0. The van der Waals surface area contributed by atoms with Crippen LogP contribution in [0.15, 0.2) is 6.07 Å². The van der Waals surface area contributed by atoms with Crippen molar-refractivity contribution >= 4 is 11.9 Å². The molecule has 2 aliphatic heterocycles. The average Bonchev–Trinajstić information content (AvgIpc) is 2.90. The molecule has 5 nitrogen and oxygen atoms in total. The largest absolute Gasteiger partial charge is 0.341 e. The molecule has 0 radical (unpaired) electrons. The maximum Gasteiger partial charge on any atom is 0.272 e. The van der Waals surface area contributed by atoms with Crippen LogP contribution in [0.25, 0.3) is 0 Å². The van der Waals surface area contributed by atoms with Gasteiger partial charge >= 0.3 is 0 Å². The van der Waals surface area contributed by atoms with Crippen LogP contribution < -0.4 is 4.90 Å². The summed E-state index contributed by atoms with van der Waals surface area (Å²) in [6, 6.07) is 1.91. The first kappa shape index (κ1) is 18.2. The van der Waals surface area contributed by atoms with E-state index in [1.54, 1.807) is 0 Å². The van der Waals surface area contributed by atoms with Gasteiger partial charge < -0.3 is 9.80 Å². The second-order valence-electron chi connectivity index (χ2n) is 8.03. The van der Waals surface area contributed by atoms with Crippen LogP contribution in [0.4, 0.5) is 5.95 Å². The van der Waals surface area contributed by atoms with E-state index >= 15 is 0 Å². The second-order valence-corrected chi connectivity index (χ2v) is 8.03. The van der Waals surface area contributed by atoms with E-state index in [9.17, 15) is 4.79 Å². The molecule has 3 heterocycles. The molecule has 1 aromatic heterocycles. The minimum atomic E-state index is 0.0759. The average molecular weight is 345 g/mol. The molecule has 138 valence electrons. The number of aromatic nitrogens is 2. The number of hydrogen-bond acceptors (Lipinski definition) is 4. The van der Waals surface area contributed by atoms with Crippen molar-refractivity contribution in [3.05, 3.63) is 17.5 Å². The minimum Gasteiger partial charge on any atom is -0.341 e. The number of anilines is 1. The van der Waals surface area contributed by atoms with Crippen molar-refractivity contribution < 1.29 is 4.79 Å². The molecular formula is C20H32N4O. The van der Waals surface area contributed by atoms with Crippen molar-refractivity contribution in [2.75, 3.05) is 31.1 Å². The van der Waals surface area contributed by atoms with Gasteiger partial charge in [-0.15, -0.1) is 0 Å². The maximum absolute atomic E-state index is 13.0. The van der Waals surface area contributed by atoms with Gasteiger partial charge in [0.15, 0.2) is 0 Å². The Bertz CT molecular complexity index is 593. The molecular weight excluding hydrogens is 312 g/mol. The number of amides is 1. The van der Waals surface area contributed by atoms with Crippen LogP contribution in [-0.4, -0.2) is 47.0 Å². The normalized spacial score (nSPS) is 22.2. The van der Waals surface area contributed by atoms with E-state index in [1.807, 2.05) is 11.0 Å². The zero-order valence-corrected chi connectivity index (χ0v) is 16.0. The van der Waals surface area contributed by atoms with Gasteiger partial charge in [0.25, 0.3) is 5.91 Å². The van der Waals surface area contributed by atoms with Gasteiger partial charge in [0.05, 0.1) is 0 Å². The van der Waals surface area contributed by atoms with Gasteiger partial charge in [-0.1, -0.05) is 33.6 Å². The molecule has 25 heavy (non-hydrogen) atoms. The summed E-state index contributed by atoms with van der Waals surface area (Å²) in [4.78, 5) is 26.8. The number of hydrogen-bond donors (Lipinski definition) is 0. The van der Waals surface area contributed by atoms with Gasteiger partial charge in [0.1, 0.15) is 5.69 Å². The molecule has 0 aliphatic carbocycles. The van der Waals surface area contributed by atoms with Crippen molar-refractivity contribution in [1.82, 2.24) is 14.9 Å². The second kappa shape index (κ2) is 8.15. The summed E-state index contributed by atoms with van der Waals surface area (Å²) in [5.41, 5.74) is 1.55. The van der Waals surface area contributed by atoms with E-state index in [-0.39, 0.29) is 5.91 Å². The van der Waals surface area contributed by atoms with Crippen LogP contribution in [-0.2, 0) is 0 Å². The quantitative estimate of drug-likeness (QED) is 0.835. The van der Waals surface area contributed by atoms with Gasteiger partial charge in [0.2, 0.25) is 5.95 Å². The lowest BCUT2D eigenvalue weighted by Gasteiger charge is -2.31. The molecule has 0 saturated carbocycles. The number of rotatable bonds is 3. The Balaban J connectivity index is 1.88. The number of piperidine rings is 1. The van der Waals surface area contributed by atoms with Crippen LogP contribution >= 0.6 is 0 Å². The lowest BCUT2D eigenvalue weighted by Crippen LogP contribution is -2.39. The van der Waals surface area contributed by atoms with Gasteiger partial charge in [-0.3, -0.25) is 4.79 Å². The number of carbonyl (C=O) groups excluding carboxylic acids is 1. The highest BCUT2D eigenvalue weighted by atomic mass is 16.2. The van der Waals surface area contributed by atoms with Gasteiger partial charge in [-0.05, 0) is 43.6 Å². The molecule has 2 saturated heterocycles. The molecule has 0 unspecified atom stereocenters. The molecule has 0 aromatic carbocycles. The highest BCUT2D eigenvalue weighted by Crippen LogP contribution is 2.22. The minimum absolute atomic E-state index is 0.0759. The first-order valence-corrected chi connectivity index (χ1v) is 9.98. The summed E-state index contributed by atoms with van der Waals surface area (Å²) in [6.45, 7) is 10.2. The number of likely N-dealkylation sites (tertiary alicyclic amines) is 1. The summed E-state index contributed by atoms with van der Waals surface area (Å²) >= 11 is 0. The monoisotopic (exact) mass is 344 g/mol. The standard InChI is InChI=1S/C20H32N4O/c1-15(2)17-13-18(19(25)24-12-8-9-16(3)14-24)22-20(21-17)23-10-6-4-5-7-11-23/h13,15-16H,4-12,14H2,1-3H3/t16-/m1/s1. The predicted octanol–water partition coefficient (Wildman–Crippen LogP) is 3.85. The summed E-state index contributed by atoms with van der Waals surface area (Å²) in [5, 5.41) is 0. The Morgan fingerprint density at radius 2 is 1.80 bits per heavy atom. The third-order valence-corrected chi connectivity index (χ3v) is 5.38. The molecule has 0 bridgehead atoms. The smallest absolute Gasteiger partial charge is 0.272 e. The Hall–Kier alpha value is -1.65. The molecule has 0 spiro atoms. The SMILES string of the molecule is CC(C)c1cc(C(=O)N2CCC[C@@H](C)C2)nc(N2CCCCCC2)n1. The van der Waals surface area contributed by atoms with Gasteiger partial charge in [-0.2, -0.15) is 0 Å². The Morgan fingerprint density at radius 3 is 2.44 bits per heavy atom. The van der Waals surface area contributed by atoms with Crippen LogP contribution in [0.1, 0.15) is 81.4 Å². The van der Waals surface area contributed by atoms with Crippen molar-refractivity contribution in [3.63, 3.8) is 0 Å². The van der Waals surface area contributed by atoms with Crippen LogP contribution in [0, 0.1) is 5.92 Å². The highest BCUT2D eigenvalue weighted by molar-refractivity contribution is 5.92. The molecule has 1 aromatic rings. The molecule has 2 fully saturated rings. The van der Waals surface area contributed by atoms with Crippen LogP contribution in [0.2, 0.25) is 0 Å². The molecule has 5 heteroatoms. The lowest BCUT2D eigenvalue weighted by molar-refractivity contribution is 0.0677. The number of nitrogens with zero attached hydrogens (tertiary/aromatic N) is 4. The summed E-state index contributed by atoms with van der Waals surface area (Å²) < 4.78 is 0. The molecule has 3 rings (SSSR count). The topological polar surface area (TPSA) is 49.3 Å². The predicted molar refractivity (Wildman–Crippen MR) is 101 cm³/mol. The first-order valence-electron chi connectivity index (χ1n) is 9.98. The molecule has 2 aliphatic rings. The zero-order valence-electron chi connectivity index (χ0n) is 16.0. The Kier molecular flexibility index (Phi) is 5.92. The van der Waals surface area contributed by atoms with Crippen LogP contribution in [0.5, 0.6) is 0 Å². The van der Waals surface area contributed by atoms with E-state index in [2.05, 4.69) is 25.7 Å². The maximum atomic E-state index is 13.0. The summed E-state index contributed by atoms with van der Waals surface area (Å²) in [6.07, 6.45) is 7.22. The fourth-order valence-corrected chi connectivity index (χ4v) is 3.81. The fraction of sp³-hybridized carbons (Fsp3) is 0.750. The highest BCUT2D eigenvalue weighted by Gasteiger charge is 2.25. The van der Waals surface area contributed by atoms with Crippen molar-refractivity contribution in [1.29, 1.82) is 0 Å². The van der Waals surface area contributed by atoms with Crippen molar-refractivity contribution in [3.8, 4) is 0 Å². The molecule has 0 N–H and O–H groups in total. The lowest BCUT2D eigenvalue weighted by atomic mass is 10.00. The Morgan fingerprint density at radius 1 is 1.08 bits per heavy atom. The van der Waals surface area contributed by atoms with E-state index in [0.717, 1.165) is 44.2 Å². The third kappa shape index (κ3) is 4.50. The molecule has 1 atom stereocenters. The van der Waals surface area contributed by atoms with E-state index in [0.29, 0.717) is 17.5 Å². The Labute approximate surface area is 151 Å². The third-order valence-electron chi connectivity index (χ3n) is 5.38. The summed E-state index contributed by atoms with van der Waals surface area (Å²) in [5.74, 6) is 1.70. The summed E-state index contributed by atoms with van der Waals surface area (Å²) in [7, 11) is 0. The zero-order chi connectivity index (χ0) is 17.8. The van der Waals surface area contributed by atoms with Crippen LogP contribution in [0.3, 0.4) is 0 Å². The van der Waals surface area contributed by atoms with Gasteiger partial charge in [-0.25, -0.2) is 9.97 Å². The number of carbonyl (C=O) groups is 1. The van der Waals surface area contributed by atoms with E-state index in [4.69, 9.17) is 9.97 Å². The fourth-order valence-electron chi connectivity index (χ4n) is 3.81. The van der Waals surface area contributed by atoms with E-state index < -0.39 is 0 Å². The van der Waals surface area contributed by atoms with Gasteiger partial charge in [0, 0.05) is 31.9 Å². The van der Waals surface area contributed by atoms with E-state index in [1.165, 1.54) is 32.1 Å². The van der Waals surface area contributed by atoms with Crippen molar-refractivity contribution in [2.45, 2.75) is 65.2 Å².